The van der Waals surface area contributed by atoms with Crippen LogP contribution in [0.15, 0.2) is 60.7 Å². The molecule has 0 bridgehead atoms. The number of amides is 2. The Kier molecular flexibility index (Phi) is 7.21. The average molecular weight is 425 g/mol. The van der Waals surface area contributed by atoms with Crippen molar-refractivity contribution in [1.82, 2.24) is 9.80 Å². The molecule has 0 spiro atoms. The number of ether oxygens (including phenoxy) is 2. The van der Waals surface area contributed by atoms with E-state index in [0.717, 1.165) is 11.1 Å². The minimum Gasteiger partial charge on any atom is -0.445 e. The zero-order chi connectivity index (χ0) is 22.4. The van der Waals surface area contributed by atoms with Crippen LogP contribution in [0, 0.1) is 5.92 Å². The van der Waals surface area contributed by atoms with Crippen LogP contribution in [0.25, 0.3) is 0 Å². The SMILES string of the molecule is C[C@H]1CN(C(=O)OC(C)(C)C)C[C@@H]1N(Cc1ccccc1)C(=O)OCc1ccccc1. The summed E-state index contributed by atoms with van der Waals surface area (Å²) in [4.78, 5) is 29.1. The van der Waals surface area contributed by atoms with Crippen molar-refractivity contribution in [2.75, 3.05) is 13.1 Å². The molecule has 1 saturated heterocycles. The molecule has 3 rings (SSSR count). The Morgan fingerprint density at radius 1 is 0.968 bits per heavy atom. The smallest absolute Gasteiger partial charge is 0.410 e. The molecule has 2 aromatic carbocycles. The zero-order valence-electron chi connectivity index (χ0n) is 18.8. The maximum absolute atomic E-state index is 13.1. The van der Waals surface area contributed by atoms with Gasteiger partial charge in [-0.3, -0.25) is 4.90 Å². The van der Waals surface area contributed by atoms with Crippen LogP contribution < -0.4 is 0 Å². The quantitative estimate of drug-likeness (QED) is 0.672. The highest BCUT2D eigenvalue weighted by Gasteiger charge is 2.40. The first-order chi connectivity index (χ1) is 14.7. The molecule has 1 fully saturated rings. The summed E-state index contributed by atoms with van der Waals surface area (Å²) < 4.78 is 11.2. The molecule has 0 saturated carbocycles. The van der Waals surface area contributed by atoms with Crippen LogP contribution in [0.5, 0.6) is 0 Å². The number of carbonyl (C=O) groups excluding carboxylic acids is 2. The molecule has 0 N–H and O–H groups in total. The fraction of sp³-hybridized carbons (Fsp3) is 0.440. The van der Waals surface area contributed by atoms with Crippen LogP contribution in [0.2, 0.25) is 0 Å². The molecule has 1 aliphatic rings. The number of likely N-dealkylation sites (tertiary alicyclic amines) is 1. The van der Waals surface area contributed by atoms with E-state index in [-0.39, 0.29) is 30.8 Å². The third-order valence-corrected chi connectivity index (χ3v) is 5.26. The van der Waals surface area contributed by atoms with E-state index in [0.29, 0.717) is 19.6 Å². The second-order valence-electron chi connectivity index (χ2n) is 9.08. The van der Waals surface area contributed by atoms with E-state index in [4.69, 9.17) is 9.47 Å². The van der Waals surface area contributed by atoms with Crippen molar-refractivity contribution in [3.63, 3.8) is 0 Å². The lowest BCUT2D eigenvalue weighted by atomic mass is 10.0. The summed E-state index contributed by atoms with van der Waals surface area (Å²) in [6.07, 6.45) is -0.727. The van der Waals surface area contributed by atoms with Gasteiger partial charge in [-0.1, -0.05) is 67.6 Å². The lowest BCUT2D eigenvalue weighted by Gasteiger charge is -2.31. The Hall–Kier alpha value is -3.02. The van der Waals surface area contributed by atoms with Crippen molar-refractivity contribution < 1.29 is 19.1 Å². The first kappa shape index (κ1) is 22.7. The standard InChI is InChI=1S/C25H32N2O4/c1-19-15-26(23(28)31-25(2,3)4)17-22(19)27(16-20-11-7-5-8-12-20)24(29)30-18-21-13-9-6-10-14-21/h5-14,19,22H,15-18H2,1-4H3/t19-,22-/m0/s1. The fourth-order valence-corrected chi connectivity index (χ4v) is 3.73. The molecule has 1 aliphatic heterocycles. The second kappa shape index (κ2) is 9.86. The summed E-state index contributed by atoms with van der Waals surface area (Å²) in [6.45, 7) is 9.20. The first-order valence-electron chi connectivity index (χ1n) is 10.7. The van der Waals surface area contributed by atoms with E-state index < -0.39 is 5.60 Å². The number of nitrogens with zero attached hydrogens (tertiary/aromatic N) is 2. The molecule has 2 amide bonds. The van der Waals surface area contributed by atoms with E-state index in [1.54, 1.807) is 9.80 Å². The summed E-state index contributed by atoms with van der Waals surface area (Å²) >= 11 is 0. The predicted octanol–water partition coefficient (Wildman–Crippen LogP) is 5.08. The van der Waals surface area contributed by atoms with E-state index in [1.165, 1.54) is 0 Å². The van der Waals surface area contributed by atoms with Gasteiger partial charge in [0.15, 0.2) is 0 Å². The van der Waals surface area contributed by atoms with Gasteiger partial charge in [0, 0.05) is 19.6 Å². The maximum atomic E-state index is 13.1. The van der Waals surface area contributed by atoms with Crippen molar-refractivity contribution in [3.8, 4) is 0 Å². The van der Waals surface area contributed by atoms with Gasteiger partial charge in [-0.05, 0) is 37.8 Å². The summed E-state index contributed by atoms with van der Waals surface area (Å²) in [7, 11) is 0. The van der Waals surface area contributed by atoms with Gasteiger partial charge in [-0.15, -0.1) is 0 Å². The predicted molar refractivity (Wildman–Crippen MR) is 119 cm³/mol. The molecular formula is C25H32N2O4. The highest BCUT2D eigenvalue weighted by Crippen LogP contribution is 2.26. The highest BCUT2D eigenvalue weighted by atomic mass is 16.6. The summed E-state index contributed by atoms with van der Waals surface area (Å²) in [5, 5.41) is 0. The van der Waals surface area contributed by atoms with Crippen LogP contribution in [0.1, 0.15) is 38.8 Å². The lowest BCUT2D eigenvalue weighted by Crippen LogP contribution is -2.45. The minimum atomic E-state index is -0.559. The Bertz CT molecular complexity index is 864. The van der Waals surface area contributed by atoms with Gasteiger partial charge >= 0.3 is 12.2 Å². The largest absolute Gasteiger partial charge is 0.445 e. The Labute approximate surface area is 184 Å². The van der Waals surface area contributed by atoms with E-state index in [1.807, 2.05) is 81.4 Å². The van der Waals surface area contributed by atoms with Gasteiger partial charge in [0.1, 0.15) is 12.2 Å². The number of benzene rings is 2. The van der Waals surface area contributed by atoms with Crippen LogP contribution in [-0.4, -0.2) is 46.7 Å². The van der Waals surface area contributed by atoms with Gasteiger partial charge in [-0.25, -0.2) is 9.59 Å². The number of hydrogen-bond donors (Lipinski definition) is 0. The number of hydrogen-bond acceptors (Lipinski definition) is 4. The molecule has 31 heavy (non-hydrogen) atoms. The molecule has 0 unspecified atom stereocenters. The van der Waals surface area contributed by atoms with E-state index in [9.17, 15) is 9.59 Å². The van der Waals surface area contributed by atoms with Gasteiger partial charge in [0.2, 0.25) is 0 Å². The van der Waals surface area contributed by atoms with E-state index >= 15 is 0 Å². The molecule has 0 aromatic heterocycles. The third kappa shape index (κ3) is 6.48. The van der Waals surface area contributed by atoms with Gasteiger partial charge in [0.05, 0.1) is 6.04 Å². The minimum absolute atomic E-state index is 0.0977. The first-order valence-corrected chi connectivity index (χ1v) is 10.7. The molecule has 6 nitrogen and oxygen atoms in total. The van der Waals surface area contributed by atoms with Crippen molar-refractivity contribution in [3.05, 3.63) is 71.8 Å². The molecule has 2 atom stereocenters. The molecule has 1 heterocycles. The van der Waals surface area contributed by atoms with Gasteiger partial charge in [0.25, 0.3) is 0 Å². The monoisotopic (exact) mass is 424 g/mol. The molecule has 0 aliphatic carbocycles. The van der Waals surface area contributed by atoms with Crippen LogP contribution in [-0.2, 0) is 22.6 Å². The maximum Gasteiger partial charge on any atom is 0.410 e. The molecule has 0 radical (unpaired) electrons. The van der Waals surface area contributed by atoms with Crippen molar-refractivity contribution in [2.45, 2.75) is 52.5 Å². The molecule has 6 heteroatoms. The van der Waals surface area contributed by atoms with Gasteiger partial charge in [-0.2, -0.15) is 0 Å². The second-order valence-corrected chi connectivity index (χ2v) is 9.08. The highest BCUT2D eigenvalue weighted by molar-refractivity contribution is 5.70. The van der Waals surface area contributed by atoms with Crippen molar-refractivity contribution in [1.29, 1.82) is 0 Å². The summed E-state index contributed by atoms with van der Waals surface area (Å²) in [5.74, 6) is 0.0977. The molecular weight excluding hydrogens is 392 g/mol. The topological polar surface area (TPSA) is 59.1 Å². The van der Waals surface area contributed by atoms with Gasteiger partial charge < -0.3 is 14.4 Å². The van der Waals surface area contributed by atoms with Crippen LogP contribution >= 0.6 is 0 Å². The fourth-order valence-electron chi connectivity index (χ4n) is 3.73. The van der Waals surface area contributed by atoms with E-state index in [2.05, 4.69) is 6.92 Å². The average Bonchev–Trinajstić information content (AvgIpc) is 3.12. The number of rotatable bonds is 5. The number of carbonyl (C=O) groups is 2. The van der Waals surface area contributed by atoms with Crippen LogP contribution in [0.3, 0.4) is 0 Å². The van der Waals surface area contributed by atoms with Crippen molar-refractivity contribution in [2.24, 2.45) is 5.92 Å². The molecule has 2 aromatic rings. The Morgan fingerprint density at radius 2 is 1.55 bits per heavy atom. The molecule has 166 valence electrons. The summed E-state index contributed by atoms with van der Waals surface area (Å²) in [5.41, 5.74) is 1.39. The van der Waals surface area contributed by atoms with Crippen LogP contribution in [0.4, 0.5) is 9.59 Å². The summed E-state index contributed by atoms with van der Waals surface area (Å²) in [6, 6.07) is 19.3. The zero-order valence-corrected chi connectivity index (χ0v) is 18.8. The Morgan fingerprint density at radius 3 is 2.13 bits per heavy atom. The Balaban J connectivity index is 1.73. The van der Waals surface area contributed by atoms with Crippen molar-refractivity contribution >= 4 is 12.2 Å². The normalized spacial score (nSPS) is 18.5. The lowest BCUT2D eigenvalue weighted by molar-refractivity contribution is 0.0270. The third-order valence-electron chi connectivity index (χ3n) is 5.26.